The Labute approximate surface area is 112 Å². The van der Waals surface area contributed by atoms with Crippen LogP contribution in [0, 0.1) is 0 Å². The lowest BCUT2D eigenvalue weighted by Crippen LogP contribution is -2.47. The standard InChI is InChI=1S/C13H18N4O2/c1-10-6-13(2,19-15-10)12(18)16-4-3-5-17-9-14-7-11(17)8-16/h7,9H,3-6,8H2,1-2H3. The van der Waals surface area contributed by atoms with Crippen LogP contribution in [0.4, 0.5) is 0 Å². The maximum Gasteiger partial charge on any atom is 0.270 e. The van der Waals surface area contributed by atoms with Crippen LogP contribution in [0.25, 0.3) is 0 Å². The van der Waals surface area contributed by atoms with E-state index in [2.05, 4.69) is 14.7 Å². The number of hydrogen-bond donors (Lipinski definition) is 0. The van der Waals surface area contributed by atoms with Gasteiger partial charge in [-0.3, -0.25) is 4.79 Å². The summed E-state index contributed by atoms with van der Waals surface area (Å²) in [7, 11) is 0. The van der Waals surface area contributed by atoms with Gasteiger partial charge in [0.25, 0.3) is 5.91 Å². The summed E-state index contributed by atoms with van der Waals surface area (Å²) in [6.45, 7) is 5.95. The monoisotopic (exact) mass is 262 g/mol. The second kappa shape index (κ2) is 4.36. The summed E-state index contributed by atoms with van der Waals surface area (Å²) in [4.78, 5) is 24.0. The number of fused-ring (bicyclic) bond motifs is 1. The molecule has 2 aliphatic rings. The van der Waals surface area contributed by atoms with Gasteiger partial charge in [-0.1, -0.05) is 5.16 Å². The van der Waals surface area contributed by atoms with Crippen LogP contribution in [0.15, 0.2) is 17.7 Å². The molecule has 6 heteroatoms. The maximum absolute atomic E-state index is 12.7. The first-order chi connectivity index (χ1) is 9.08. The molecule has 0 bridgehead atoms. The highest BCUT2D eigenvalue weighted by Gasteiger charge is 2.43. The van der Waals surface area contributed by atoms with Gasteiger partial charge in [0.15, 0.2) is 0 Å². The maximum atomic E-state index is 12.7. The highest BCUT2D eigenvalue weighted by Crippen LogP contribution is 2.27. The van der Waals surface area contributed by atoms with Crippen LogP contribution < -0.4 is 0 Å². The molecule has 1 atom stereocenters. The number of amides is 1. The molecular weight excluding hydrogens is 244 g/mol. The highest BCUT2D eigenvalue weighted by molar-refractivity contribution is 5.94. The second-order valence-electron chi connectivity index (χ2n) is 5.48. The SMILES string of the molecule is CC1=NOC(C)(C(=O)N2CCCn3cncc3C2)C1. The van der Waals surface area contributed by atoms with E-state index in [1.165, 1.54) is 0 Å². The van der Waals surface area contributed by atoms with E-state index in [4.69, 9.17) is 4.84 Å². The number of carbonyl (C=O) groups is 1. The zero-order valence-electron chi connectivity index (χ0n) is 11.3. The van der Waals surface area contributed by atoms with E-state index < -0.39 is 5.60 Å². The Morgan fingerprint density at radius 3 is 3.05 bits per heavy atom. The van der Waals surface area contributed by atoms with Crippen molar-refractivity contribution in [3.63, 3.8) is 0 Å². The van der Waals surface area contributed by atoms with Gasteiger partial charge in [-0.2, -0.15) is 0 Å². The number of oxime groups is 1. The first-order valence-corrected chi connectivity index (χ1v) is 6.58. The lowest BCUT2D eigenvalue weighted by molar-refractivity contribution is -0.153. The van der Waals surface area contributed by atoms with Gasteiger partial charge in [-0.05, 0) is 20.3 Å². The molecule has 0 spiro atoms. The molecule has 1 unspecified atom stereocenters. The molecule has 1 aromatic rings. The zero-order valence-corrected chi connectivity index (χ0v) is 11.3. The molecule has 0 radical (unpaired) electrons. The van der Waals surface area contributed by atoms with Crippen molar-refractivity contribution < 1.29 is 9.63 Å². The Bertz CT molecular complexity index is 537. The van der Waals surface area contributed by atoms with Crippen molar-refractivity contribution in [2.75, 3.05) is 6.54 Å². The first-order valence-electron chi connectivity index (χ1n) is 6.58. The molecule has 19 heavy (non-hydrogen) atoms. The molecule has 102 valence electrons. The van der Waals surface area contributed by atoms with Crippen molar-refractivity contribution in [2.45, 2.75) is 45.4 Å². The quantitative estimate of drug-likeness (QED) is 0.763. The molecule has 6 nitrogen and oxygen atoms in total. The number of aryl methyl sites for hydroxylation is 1. The largest absolute Gasteiger partial charge is 0.379 e. The van der Waals surface area contributed by atoms with Crippen LogP contribution in [0.1, 0.15) is 32.4 Å². The minimum absolute atomic E-state index is 0.0164. The Morgan fingerprint density at radius 2 is 2.32 bits per heavy atom. The molecular formula is C13H18N4O2. The summed E-state index contributed by atoms with van der Waals surface area (Å²) < 4.78 is 2.10. The molecule has 1 aromatic heterocycles. The fraction of sp³-hybridized carbons (Fsp3) is 0.615. The molecule has 3 heterocycles. The number of rotatable bonds is 1. The molecule has 0 saturated heterocycles. The van der Waals surface area contributed by atoms with Crippen LogP contribution in [0.5, 0.6) is 0 Å². The highest BCUT2D eigenvalue weighted by atomic mass is 16.7. The Kier molecular flexibility index (Phi) is 2.80. The van der Waals surface area contributed by atoms with E-state index >= 15 is 0 Å². The van der Waals surface area contributed by atoms with Crippen molar-refractivity contribution in [3.05, 3.63) is 18.2 Å². The zero-order chi connectivity index (χ0) is 13.5. The molecule has 0 saturated carbocycles. The smallest absolute Gasteiger partial charge is 0.270 e. The number of aromatic nitrogens is 2. The van der Waals surface area contributed by atoms with Crippen LogP contribution >= 0.6 is 0 Å². The third-order valence-corrected chi connectivity index (χ3v) is 3.71. The number of hydrogen-bond acceptors (Lipinski definition) is 4. The molecule has 0 aliphatic carbocycles. The topological polar surface area (TPSA) is 59.7 Å². The Morgan fingerprint density at radius 1 is 1.47 bits per heavy atom. The number of nitrogens with zero attached hydrogens (tertiary/aromatic N) is 4. The van der Waals surface area contributed by atoms with E-state index in [0.717, 1.165) is 30.9 Å². The normalized spacial score (nSPS) is 26.4. The van der Waals surface area contributed by atoms with E-state index in [1.54, 1.807) is 0 Å². The molecule has 2 aliphatic heterocycles. The minimum atomic E-state index is -0.834. The predicted octanol–water partition coefficient (Wildman–Crippen LogP) is 1.17. The van der Waals surface area contributed by atoms with Crippen LogP contribution in [-0.4, -0.2) is 38.2 Å². The van der Waals surface area contributed by atoms with Gasteiger partial charge in [-0.25, -0.2) is 4.98 Å². The van der Waals surface area contributed by atoms with Gasteiger partial charge in [0.1, 0.15) is 0 Å². The molecule has 0 fully saturated rings. The van der Waals surface area contributed by atoms with Crippen LogP contribution in [-0.2, 0) is 22.7 Å². The van der Waals surface area contributed by atoms with Gasteiger partial charge in [0, 0.05) is 25.7 Å². The van der Waals surface area contributed by atoms with Crippen LogP contribution in [0.3, 0.4) is 0 Å². The Balaban J connectivity index is 1.78. The van der Waals surface area contributed by atoms with E-state index in [9.17, 15) is 4.79 Å². The van der Waals surface area contributed by atoms with E-state index in [-0.39, 0.29) is 5.91 Å². The minimum Gasteiger partial charge on any atom is -0.379 e. The molecule has 1 amide bonds. The summed E-state index contributed by atoms with van der Waals surface area (Å²) in [5.41, 5.74) is 1.11. The number of carbonyl (C=O) groups excluding carboxylic acids is 1. The lowest BCUT2D eigenvalue weighted by atomic mass is 9.98. The van der Waals surface area contributed by atoms with Gasteiger partial charge in [0.2, 0.25) is 5.60 Å². The molecule has 0 aromatic carbocycles. The van der Waals surface area contributed by atoms with Crippen molar-refractivity contribution >= 4 is 11.6 Å². The average molecular weight is 262 g/mol. The Hall–Kier alpha value is -1.85. The number of imidazole rings is 1. The fourth-order valence-electron chi connectivity index (χ4n) is 2.74. The fourth-order valence-corrected chi connectivity index (χ4v) is 2.74. The van der Waals surface area contributed by atoms with Gasteiger partial charge < -0.3 is 14.3 Å². The van der Waals surface area contributed by atoms with Crippen LogP contribution in [0.2, 0.25) is 0 Å². The first kappa shape index (κ1) is 12.2. The van der Waals surface area contributed by atoms with Crippen molar-refractivity contribution in [1.82, 2.24) is 14.5 Å². The second-order valence-corrected chi connectivity index (χ2v) is 5.48. The lowest BCUT2D eigenvalue weighted by Gasteiger charge is -2.28. The predicted molar refractivity (Wildman–Crippen MR) is 69.5 cm³/mol. The summed E-state index contributed by atoms with van der Waals surface area (Å²) in [5, 5.41) is 3.91. The third-order valence-electron chi connectivity index (χ3n) is 3.71. The summed E-state index contributed by atoms with van der Waals surface area (Å²) in [6.07, 6.45) is 5.15. The van der Waals surface area contributed by atoms with Crippen molar-refractivity contribution in [1.29, 1.82) is 0 Å². The van der Waals surface area contributed by atoms with Gasteiger partial charge >= 0.3 is 0 Å². The van der Waals surface area contributed by atoms with Gasteiger partial charge in [0.05, 0.1) is 24.3 Å². The summed E-state index contributed by atoms with van der Waals surface area (Å²) >= 11 is 0. The van der Waals surface area contributed by atoms with Gasteiger partial charge in [-0.15, -0.1) is 0 Å². The summed E-state index contributed by atoms with van der Waals surface area (Å²) in [6, 6.07) is 0. The molecule has 0 N–H and O–H groups in total. The van der Waals surface area contributed by atoms with Crippen molar-refractivity contribution in [2.24, 2.45) is 5.16 Å². The average Bonchev–Trinajstić information content (AvgIpc) is 2.90. The summed E-state index contributed by atoms with van der Waals surface area (Å²) in [5.74, 6) is 0.0164. The van der Waals surface area contributed by atoms with E-state index in [0.29, 0.717) is 13.0 Å². The molecule has 3 rings (SSSR count). The third kappa shape index (κ3) is 2.11. The van der Waals surface area contributed by atoms with Crippen molar-refractivity contribution in [3.8, 4) is 0 Å². The van der Waals surface area contributed by atoms with E-state index in [1.807, 2.05) is 31.3 Å².